The number of allylic oxidation sites excluding steroid dienone is 1. The number of nitrogens with zero attached hydrogens (tertiary/aromatic N) is 2. The van der Waals surface area contributed by atoms with E-state index in [-0.39, 0.29) is 0 Å². The second-order valence-corrected chi connectivity index (χ2v) is 6.69. The molecule has 0 bridgehead atoms. The number of rotatable bonds is 7. The van der Waals surface area contributed by atoms with Gasteiger partial charge in [-0.3, -0.25) is 0 Å². The van der Waals surface area contributed by atoms with Gasteiger partial charge in [0, 0.05) is 29.6 Å². The van der Waals surface area contributed by atoms with Gasteiger partial charge in [-0.1, -0.05) is 36.4 Å². The summed E-state index contributed by atoms with van der Waals surface area (Å²) in [6.45, 7) is 4.46. The maximum absolute atomic E-state index is 6.24. The Morgan fingerprint density at radius 2 is 1.69 bits per heavy atom. The second kappa shape index (κ2) is 9.10. The van der Waals surface area contributed by atoms with Gasteiger partial charge in [-0.25, -0.2) is 9.97 Å². The zero-order valence-corrected chi connectivity index (χ0v) is 17.2. The number of nitrogens with two attached hydrogens (primary N) is 1. The zero-order valence-electron chi connectivity index (χ0n) is 17.2. The Morgan fingerprint density at radius 3 is 2.34 bits per heavy atom. The predicted octanol–water partition coefficient (Wildman–Crippen LogP) is 4.15. The molecule has 3 rings (SSSR count). The molecule has 2 aromatic carbocycles. The molecule has 29 heavy (non-hydrogen) atoms. The van der Waals surface area contributed by atoms with Crippen LogP contribution in [0.3, 0.4) is 0 Å². The van der Waals surface area contributed by atoms with Crippen molar-refractivity contribution >= 4 is 11.4 Å². The molecule has 0 aliphatic heterocycles. The van der Waals surface area contributed by atoms with E-state index in [4.69, 9.17) is 20.2 Å². The van der Waals surface area contributed by atoms with Gasteiger partial charge in [-0.2, -0.15) is 0 Å². The quantitative estimate of drug-likeness (QED) is 0.631. The molecule has 1 heterocycles. The third-order valence-electron chi connectivity index (χ3n) is 4.46. The molecule has 6 nitrogen and oxygen atoms in total. The van der Waals surface area contributed by atoms with E-state index in [2.05, 4.69) is 22.4 Å². The molecule has 6 heteroatoms. The molecule has 3 N–H and O–H groups in total. The molecule has 150 valence electrons. The van der Waals surface area contributed by atoms with Crippen molar-refractivity contribution < 1.29 is 9.47 Å². The summed E-state index contributed by atoms with van der Waals surface area (Å²) < 4.78 is 10.8. The van der Waals surface area contributed by atoms with Gasteiger partial charge in [0.2, 0.25) is 0 Å². The number of methoxy groups -OCH3 is 2. The molecule has 0 atom stereocenters. The number of benzene rings is 2. The van der Waals surface area contributed by atoms with E-state index in [1.165, 1.54) is 5.56 Å². The summed E-state index contributed by atoms with van der Waals surface area (Å²) in [6, 6.07) is 17.8. The molecular formula is C23H26N4O2. The fourth-order valence-corrected chi connectivity index (χ4v) is 3.08. The normalized spacial score (nSPS) is 11.6. The highest BCUT2D eigenvalue weighted by molar-refractivity contribution is 5.79. The van der Waals surface area contributed by atoms with Gasteiger partial charge < -0.3 is 20.5 Å². The van der Waals surface area contributed by atoms with Crippen molar-refractivity contribution in [1.82, 2.24) is 9.97 Å². The summed E-state index contributed by atoms with van der Waals surface area (Å²) in [4.78, 5) is 9.34. The highest BCUT2D eigenvalue weighted by Crippen LogP contribution is 2.33. The summed E-state index contributed by atoms with van der Waals surface area (Å²) in [5.41, 5.74) is 10.5. The summed E-state index contributed by atoms with van der Waals surface area (Å²) in [5, 5.41) is 3.37. The molecule has 0 saturated carbocycles. The maximum atomic E-state index is 6.24. The third kappa shape index (κ3) is 4.85. The van der Waals surface area contributed by atoms with E-state index in [0.29, 0.717) is 29.6 Å². The van der Waals surface area contributed by atoms with Gasteiger partial charge in [-0.15, -0.1) is 0 Å². The van der Waals surface area contributed by atoms with Gasteiger partial charge >= 0.3 is 0 Å². The largest absolute Gasteiger partial charge is 0.493 e. The minimum Gasteiger partial charge on any atom is -0.493 e. The van der Waals surface area contributed by atoms with Crippen molar-refractivity contribution in [3.05, 3.63) is 82.9 Å². The van der Waals surface area contributed by atoms with Crippen LogP contribution >= 0.6 is 0 Å². The summed E-state index contributed by atoms with van der Waals surface area (Å²) in [5.74, 6) is 2.59. The second-order valence-electron chi connectivity index (χ2n) is 6.69. The van der Waals surface area contributed by atoms with Crippen molar-refractivity contribution in [3.8, 4) is 11.5 Å². The van der Waals surface area contributed by atoms with E-state index in [1.807, 2.05) is 56.3 Å². The number of aryl methyl sites for hydroxylation is 1. The number of anilines is 1. The zero-order chi connectivity index (χ0) is 20.8. The molecule has 0 aliphatic rings. The van der Waals surface area contributed by atoms with Crippen molar-refractivity contribution in [2.24, 2.45) is 5.73 Å². The van der Waals surface area contributed by atoms with E-state index in [9.17, 15) is 0 Å². The Kier molecular flexibility index (Phi) is 6.34. The van der Waals surface area contributed by atoms with Crippen LogP contribution < -0.4 is 20.5 Å². The standard InChI is InChI=1S/C23H26N4O2/c1-15-12-21(25-14-17-8-6-5-7-9-17)27-23(26-15)22(16(2)24)18-10-11-19(28-3)20(13-18)29-4/h5-13H,14,24H2,1-4H3,(H,25,26,27). The Balaban J connectivity index is 1.96. The lowest BCUT2D eigenvalue weighted by Gasteiger charge is -2.14. The first kappa shape index (κ1) is 20.2. The topological polar surface area (TPSA) is 82.3 Å². The third-order valence-corrected chi connectivity index (χ3v) is 4.46. The fraction of sp³-hybridized carbons (Fsp3) is 0.217. The molecule has 0 unspecified atom stereocenters. The minimum absolute atomic E-state index is 0.563. The van der Waals surface area contributed by atoms with E-state index in [0.717, 1.165) is 22.6 Å². The average Bonchev–Trinajstić information content (AvgIpc) is 2.72. The first-order chi connectivity index (χ1) is 14.0. The number of aromatic nitrogens is 2. The van der Waals surface area contributed by atoms with Gasteiger partial charge in [0.25, 0.3) is 0 Å². The summed E-state index contributed by atoms with van der Waals surface area (Å²) in [6.07, 6.45) is 0. The number of hydrogen-bond acceptors (Lipinski definition) is 6. The lowest BCUT2D eigenvalue weighted by molar-refractivity contribution is 0.355. The molecular weight excluding hydrogens is 364 g/mol. The Hall–Kier alpha value is -3.54. The first-order valence-electron chi connectivity index (χ1n) is 9.34. The lowest BCUT2D eigenvalue weighted by atomic mass is 10.0. The predicted molar refractivity (Wildman–Crippen MR) is 116 cm³/mol. The first-order valence-corrected chi connectivity index (χ1v) is 9.34. The van der Waals surface area contributed by atoms with E-state index in [1.54, 1.807) is 14.2 Å². The molecule has 0 aliphatic carbocycles. The Bertz CT molecular complexity index is 1010. The average molecular weight is 390 g/mol. The monoisotopic (exact) mass is 390 g/mol. The maximum Gasteiger partial charge on any atom is 0.164 e. The van der Waals surface area contributed by atoms with Crippen molar-refractivity contribution in [2.45, 2.75) is 20.4 Å². The van der Waals surface area contributed by atoms with Gasteiger partial charge in [0.15, 0.2) is 17.3 Å². The molecule has 0 amide bonds. The van der Waals surface area contributed by atoms with Crippen LogP contribution in [0.25, 0.3) is 5.57 Å². The lowest BCUT2D eigenvalue weighted by Crippen LogP contribution is -2.08. The highest BCUT2D eigenvalue weighted by atomic mass is 16.5. The van der Waals surface area contributed by atoms with Crippen LogP contribution in [0.4, 0.5) is 5.82 Å². The van der Waals surface area contributed by atoms with Crippen LogP contribution in [0.1, 0.15) is 29.6 Å². The van der Waals surface area contributed by atoms with Crippen molar-refractivity contribution in [3.63, 3.8) is 0 Å². The van der Waals surface area contributed by atoms with Gasteiger partial charge in [0.05, 0.1) is 14.2 Å². The van der Waals surface area contributed by atoms with E-state index >= 15 is 0 Å². The molecule has 0 fully saturated rings. The molecule has 1 aromatic heterocycles. The van der Waals surface area contributed by atoms with Crippen molar-refractivity contribution in [2.75, 3.05) is 19.5 Å². The summed E-state index contributed by atoms with van der Waals surface area (Å²) in [7, 11) is 3.21. The van der Waals surface area contributed by atoms with Crippen LogP contribution in [-0.2, 0) is 6.54 Å². The molecule has 0 saturated heterocycles. The number of ether oxygens (including phenoxy) is 2. The van der Waals surface area contributed by atoms with E-state index < -0.39 is 0 Å². The SMILES string of the molecule is COc1ccc(C(=C(C)N)c2nc(C)cc(NCc3ccccc3)n2)cc1OC. The van der Waals surface area contributed by atoms with Crippen LogP contribution in [0.2, 0.25) is 0 Å². The van der Waals surface area contributed by atoms with Crippen molar-refractivity contribution in [1.29, 1.82) is 0 Å². The molecule has 0 spiro atoms. The summed E-state index contributed by atoms with van der Waals surface area (Å²) >= 11 is 0. The van der Waals surface area contributed by atoms with Crippen LogP contribution in [0.15, 0.2) is 60.3 Å². The molecule has 0 radical (unpaired) electrons. The Labute approximate surface area is 171 Å². The van der Waals surface area contributed by atoms with Gasteiger partial charge in [-0.05, 0) is 37.1 Å². The minimum atomic E-state index is 0.563. The fourth-order valence-electron chi connectivity index (χ4n) is 3.08. The number of nitrogens with one attached hydrogen (secondary N) is 1. The smallest absolute Gasteiger partial charge is 0.164 e. The van der Waals surface area contributed by atoms with Gasteiger partial charge in [0.1, 0.15) is 5.82 Å². The number of hydrogen-bond donors (Lipinski definition) is 2. The highest BCUT2D eigenvalue weighted by Gasteiger charge is 2.15. The van der Waals surface area contributed by atoms with Crippen LogP contribution in [0.5, 0.6) is 11.5 Å². The van der Waals surface area contributed by atoms with Crippen LogP contribution in [-0.4, -0.2) is 24.2 Å². The Morgan fingerprint density at radius 1 is 0.966 bits per heavy atom. The molecule has 3 aromatic rings. The van der Waals surface area contributed by atoms with Crippen LogP contribution in [0, 0.1) is 6.92 Å².